The smallest absolute Gasteiger partial charge is 0.227 e. The lowest BCUT2D eigenvalue weighted by Gasteiger charge is -2.32. The first kappa shape index (κ1) is 20.2. The van der Waals surface area contributed by atoms with Crippen LogP contribution in [-0.2, 0) is 17.8 Å². The Morgan fingerprint density at radius 2 is 2.06 bits per heavy atom. The van der Waals surface area contributed by atoms with Gasteiger partial charge < -0.3 is 19.3 Å². The SMILES string of the molecule is CN1CCN(C(=O)CCc2nc(C3CCCN3Cc3cccc4[nH]ccc34)no2)CC1. The first-order valence-electron chi connectivity index (χ1n) is 11.3. The first-order valence-corrected chi connectivity index (χ1v) is 11.3. The van der Waals surface area contributed by atoms with Gasteiger partial charge in [-0.3, -0.25) is 9.69 Å². The van der Waals surface area contributed by atoms with Gasteiger partial charge in [0, 0.05) is 62.7 Å². The third-order valence-corrected chi connectivity index (χ3v) is 6.61. The Bertz CT molecular complexity index is 1040. The average Bonchev–Trinajstić information content (AvgIpc) is 3.53. The van der Waals surface area contributed by atoms with E-state index in [1.165, 1.54) is 16.5 Å². The highest BCUT2D eigenvalue weighted by Gasteiger charge is 2.30. The molecule has 0 bridgehead atoms. The molecule has 0 saturated carbocycles. The van der Waals surface area contributed by atoms with Gasteiger partial charge in [0.2, 0.25) is 11.8 Å². The first-order chi connectivity index (χ1) is 15.2. The van der Waals surface area contributed by atoms with Crippen LogP contribution in [0.3, 0.4) is 0 Å². The number of carbonyl (C=O) groups is 1. The summed E-state index contributed by atoms with van der Waals surface area (Å²) in [6.07, 6.45) is 5.08. The summed E-state index contributed by atoms with van der Waals surface area (Å²) in [5, 5.41) is 5.55. The van der Waals surface area contributed by atoms with Crippen molar-refractivity contribution in [3.05, 3.63) is 47.7 Å². The zero-order chi connectivity index (χ0) is 21.2. The van der Waals surface area contributed by atoms with Crippen LogP contribution in [0.1, 0.15) is 42.6 Å². The molecule has 1 atom stereocenters. The lowest BCUT2D eigenvalue weighted by molar-refractivity contribution is -0.132. The number of aromatic nitrogens is 3. The summed E-state index contributed by atoms with van der Waals surface area (Å²) in [6.45, 7) is 5.36. The van der Waals surface area contributed by atoms with Crippen LogP contribution in [0.2, 0.25) is 0 Å². The number of likely N-dealkylation sites (N-methyl/N-ethyl adjacent to an activating group) is 1. The quantitative estimate of drug-likeness (QED) is 0.658. The predicted molar refractivity (Wildman–Crippen MR) is 117 cm³/mol. The maximum Gasteiger partial charge on any atom is 0.227 e. The van der Waals surface area contributed by atoms with Gasteiger partial charge in [-0.25, -0.2) is 0 Å². The molecule has 0 spiro atoms. The number of amides is 1. The van der Waals surface area contributed by atoms with Crippen molar-refractivity contribution in [2.45, 2.75) is 38.3 Å². The van der Waals surface area contributed by atoms with Gasteiger partial charge in [-0.15, -0.1) is 0 Å². The van der Waals surface area contributed by atoms with E-state index in [9.17, 15) is 4.79 Å². The van der Waals surface area contributed by atoms with Crippen molar-refractivity contribution in [1.82, 2.24) is 29.8 Å². The van der Waals surface area contributed by atoms with Crippen molar-refractivity contribution < 1.29 is 9.32 Å². The third-order valence-electron chi connectivity index (χ3n) is 6.61. The number of likely N-dealkylation sites (tertiary alicyclic amines) is 1. The number of piperazine rings is 1. The molecule has 5 rings (SSSR count). The van der Waals surface area contributed by atoms with E-state index in [1.807, 2.05) is 11.1 Å². The highest BCUT2D eigenvalue weighted by Crippen LogP contribution is 2.33. The Morgan fingerprint density at radius 1 is 1.19 bits per heavy atom. The van der Waals surface area contributed by atoms with Gasteiger partial charge in [-0.05, 0) is 44.1 Å². The summed E-state index contributed by atoms with van der Waals surface area (Å²) in [5.41, 5.74) is 2.48. The minimum absolute atomic E-state index is 0.167. The van der Waals surface area contributed by atoms with E-state index in [0.717, 1.165) is 57.9 Å². The van der Waals surface area contributed by atoms with Crippen LogP contribution < -0.4 is 0 Å². The number of H-pyrrole nitrogens is 1. The summed E-state index contributed by atoms with van der Waals surface area (Å²) in [7, 11) is 2.09. The van der Waals surface area contributed by atoms with Gasteiger partial charge in [-0.1, -0.05) is 17.3 Å². The molecule has 1 unspecified atom stereocenters. The summed E-state index contributed by atoms with van der Waals surface area (Å²) in [4.78, 5) is 27.1. The molecule has 1 N–H and O–H groups in total. The van der Waals surface area contributed by atoms with Crippen LogP contribution in [0.5, 0.6) is 0 Å². The van der Waals surface area contributed by atoms with E-state index in [2.05, 4.69) is 56.2 Å². The number of aryl methyl sites for hydroxylation is 1. The summed E-state index contributed by atoms with van der Waals surface area (Å²) in [5.74, 6) is 1.49. The zero-order valence-corrected chi connectivity index (χ0v) is 18.1. The number of rotatable bonds is 6. The van der Waals surface area contributed by atoms with Gasteiger partial charge in [0.15, 0.2) is 5.82 Å². The molecule has 0 radical (unpaired) electrons. The predicted octanol–water partition coefficient (Wildman–Crippen LogP) is 2.59. The lowest BCUT2D eigenvalue weighted by Crippen LogP contribution is -2.47. The number of nitrogens with zero attached hydrogens (tertiary/aromatic N) is 5. The summed E-state index contributed by atoms with van der Waals surface area (Å²) < 4.78 is 5.52. The van der Waals surface area contributed by atoms with Crippen LogP contribution >= 0.6 is 0 Å². The molecular formula is C23H30N6O2. The maximum atomic E-state index is 12.5. The van der Waals surface area contributed by atoms with E-state index >= 15 is 0 Å². The molecule has 3 aromatic rings. The van der Waals surface area contributed by atoms with E-state index in [4.69, 9.17) is 4.52 Å². The van der Waals surface area contributed by atoms with E-state index in [0.29, 0.717) is 18.7 Å². The number of carbonyl (C=O) groups excluding carboxylic acids is 1. The van der Waals surface area contributed by atoms with Gasteiger partial charge >= 0.3 is 0 Å². The molecule has 1 amide bonds. The number of hydrogen-bond donors (Lipinski definition) is 1. The molecule has 2 saturated heterocycles. The van der Waals surface area contributed by atoms with E-state index in [1.54, 1.807) is 0 Å². The topological polar surface area (TPSA) is 81.5 Å². The van der Waals surface area contributed by atoms with Gasteiger partial charge in [0.05, 0.1) is 6.04 Å². The molecule has 2 fully saturated rings. The maximum absolute atomic E-state index is 12.5. The van der Waals surface area contributed by atoms with Gasteiger partial charge in [-0.2, -0.15) is 4.98 Å². The standard InChI is InChI=1S/C23H30N6O2/c1-27-12-14-28(15-13-27)22(30)8-7-21-25-23(26-31-21)20-6-3-11-29(20)16-17-4-2-5-19-18(17)9-10-24-19/h2,4-5,9-10,20,24H,3,6-8,11-16H2,1H3. The monoisotopic (exact) mass is 422 g/mol. The molecule has 2 aliphatic heterocycles. The molecule has 31 heavy (non-hydrogen) atoms. The second-order valence-electron chi connectivity index (χ2n) is 8.71. The number of nitrogens with one attached hydrogen (secondary N) is 1. The third kappa shape index (κ3) is 4.36. The van der Waals surface area contributed by atoms with E-state index in [-0.39, 0.29) is 11.9 Å². The molecule has 2 aliphatic rings. The summed E-state index contributed by atoms with van der Waals surface area (Å²) in [6, 6.07) is 8.70. The van der Waals surface area contributed by atoms with Crippen LogP contribution in [-0.4, -0.2) is 75.5 Å². The second-order valence-corrected chi connectivity index (χ2v) is 8.71. The van der Waals surface area contributed by atoms with Crippen LogP contribution in [0.15, 0.2) is 35.0 Å². The Hall–Kier alpha value is -2.71. The summed E-state index contributed by atoms with van der Waals surface area (Å²) >= 11 is 0. The van der Waals surface area contributed by atoms with Crippen molar-refractivity contribution in [2.24, 2.45) is 0 Å². The molecule has 164 valence electrons. The van der Waals surface area contributed by atoms with E-state index < -0.39 is 0 Å². The molecule has 8 nitrogen and oxygen atoms in total. The Labute approximate surface area is 182 Å². The highest BCUT2D eigenvalue weighted by atomic mass is 16.5. The molecule has 1 aromatic carbocycles. The number of hydrogen-bond acceptors (Lipinski definition) is 6. The largest absolute Gasteiger partial charge is 0.361 e. The highest BCUT2D eigenvalue weighted by molar-refractivity contribution is 5.82. The Balaban J connectivity index is 1.20. The van der Waals surface area contributed by atoms with Gasteiger partial charge in [0.1, 0.15) is 0 Å². The molecule has 0 aliphatic carbocycles. The second kappa shape index (κ2) is 8.80. The minimum Gasteiger partial charge on any atom is -0.361 e. The number of fused-ring (bicyclic) bond motifs is 1. The Morgan fingerprint density at radius 3 is 2.94 bits per heavy atom. The van der Waals surface area contributed by atoms with Gasteiger partial charge in [0.25, 0.3) is 0 Å². The normalized spacial score (nSPS) is 20.7. The molecule has 8 heteroatoms. The van der Waals surface area contributed by atoms with Crippen LogP contribution in [0.4, 0.5) is 0 Å². The lowest BCUT2D eigenvalue weighted by atomic mass is 10.1. The van der Waals surface area contributed by atoms with Crippen LogP contribution in [0.25, 0.3) is 10.9 Å². The van der Waals surface area contributed by atoms with Crippen molar-refractivity contribution in [1.29, 1.82) is 0 Å². The van der Waals surface area contributed by atoms with Crippen molar-refractivity contribution >= 4 is 16.8 Å². The Kier molecular flexibility index (Phi) is 5.74. The van der Waals surface area contributed by atoms with Crippen molar-refractivity contribution in [3.8, 4) is 0 Å². The minimum atomic E-state index is 0.167. The number of benzene rings is 1. The molecule has 4 heterocycles. The van der Waals surface area contributed by atoms with Crippen LogP contribution in [0, 0.1) is 0 Å². The average molecular weight is 423 g/mol. The van der Waals surface area contributed by atoms with Crippen molar-refractivity contribution in [3.63, 3.8) is 0 Å². The fourth-order valence-corrected chi connectivity index (χ4v) is 4.75. The fourth-order valence-electron chi connectivity index (χ4n) is 4.75. The zero-order valence-electron chi connectivity index (χ0n) is 18.1. The molecule has 2 aromatic heterocycles. The molecular weight excluding hydrogens is 392 g/mol. The number of aromatic amines is 1. The fraction of sp³-hybridized carbons (Fsp3) is 0.522. The van der Waals surface area contributed by atoms with Crippen molar-refractivity contribution in [2.75, 3.05) is 39.8 Å².